The first-order valence-corrected chi connectivity index (χ1v) is 9.11. The van der Waals surface area contributed by atoms with Gasteiger partial charge in [0.15, 0.2) is 5.17 Å². The fourth-order valence-corrected chi connectivity index (χ4v) is 3.84. The zero-order chi connectivity index (χ0) is 15.0. The highest BCUT2D eigenvalue weighted by Gasteiger charge is 2.25. The molecule has 0 bridgehead atoms. The Labute approximate surface area is 130 Å². The Kier molecular flexibility index (Phi) is 8.62. The highest BCUT2D eigenvalue weighted by molar-refractivity contribution is 8.14. The Morgan fingerprint density at radius 2 is 2.00 bits per heavy atom. The van der Waals surface area contributed by atoms with E-state index in [4.69, 9.17) is 0 Å². The van der Waals surface area contributed by atoms with Gasteiger partial charge in [0.2, 0.25) is 0 Å². The van der Waals surface area contributed by atoms with E-state index < -0.39 is 0 Å². The minimum atomic E-state index is 0.651. The van der Waals surface area contributed by atoms with Crippen LogP contribution in [0.15, 0.2) is 4.99 Å². The number of amidine groups is 1. The van der Waals surface area contributed by atoms with E-state index in [9.17, 15) is 0 Å². The molecule has 3 nitrogen and oxygen atoms in total. The van der Waals surface area contributed by atoms with Gasteiger partial charge in [0.25, 0.3) is 0 Å². The maximum atomic E-state index is 4.65. The largest absolute Gasteiger partial charge is 0.365 e. The van der Waals surface area contributed by atoms with Crippen molar-refractivity contribution in [1.29, 1.82) is 0 Å². The number of unbranched alkanes of at least 4 members (excludes halogenated alkanes) is 1. The van der Waals surface area contributed by atoms with Crippen LogP contribution in [0.1, 0.15) is 53.4 Å². The summed E-state index contributed by atoms with van der Waals surface area (Å²) in [6.07, 6.45) is 5.04. The molecular formula is C16H33N3S. The molecule has 0 fully saturated rings. The number of aliphatic imine (C=N–C) groups is 1. The molecule has 0 aliphatic carbocycles. The van der Waals surface area contributed by atoms with E-state index >= 15 is 0 Å². The first kappa shape index (κ1) is 17.8. The molecule has 0 amide bonds. The normalized spacial score (nSPS) is 19.2. The monoisotopic (exact) mass is 299 g/mol. The van der Waals surface area contributed by atoms with Gasteiger partial charge in [-0.15, -0.1) is 0 Å². The lowest BCUT2D eigenvalue weighted by molar-refractivity contribution is 0.268. The molecule has 1 aliphatic rings. The van der Waals surface area contributed by atoms with Gasteiger partial charge in [0.1, 0.15) is 0 Å². The molecular weight excluding hydrogens is 266 g/mol. The number of hydrogen-bond donors (Lipinski definition) is 1. The minimum Gasteiger partial charge on any atom is -0.365 e. The summed E-state index contributed by atoms with van der Waals surface area (Å²) in [4.78, 5) is 7.06. The molecule has 0 saturated carbocycles. The molecule has 0 spiro atoms. The average molecular weight is 300 g/mol. The molecule has 118 valence electrons. The van der Waals surface area contributed by atoms with Crippen molar-refractivity contribution in [3.05, 3.63) is 0 Å². The van der Waals surface area contributed by atoms with E-state index in [1.807, 2.05) is 11.8 Å². The van der Waals surface area contributed by atoms with Gasteiger partial charge in [-0.3, -0.25) is 4.99 Å². The lowest BCUT2D eigenvalue weighted by Crippen LogP contribution is -2.28. The van der Waals surface area contributed by atoms with Gasteiger partial charge in [0, 0.05) is 17.8 Å². The molecule has 1 unspecified atom stereocenters. The lowest BCUT2D eigenvalue weighted by atomic mass is 9.99. The summed E-state index contributed by atoms with van der Waals surface area (Å²) in [7, 11) is 2.20. The van der Waals surface area contributed by atoms with E-state index in [0.29, 0.717) is 11.3 Å². The molecule has 1 atom stereocenters. The van der Waals surface area contributed by atoms with Gasteiger partial charge in [0.05, 0.1) is 6.54 Å². The molecule has 1 N–H and O–H groups in total. The summed E-state index contributed by atoms with van der Waals surface area (Å²) < 4.78 is 0. The van der Waals surface area contributed by atoms with Crippen LogP contribution in [-0.4, -0.2) is 48.0 Å². The third-order valence-corrected chi connectivity index (χ3v) is 5.68. The molecule has 1 rings (SSSR count). The van der Waals surface area contributed by atoms with Gasteiger partial charge in [-0.2, -0.15) is 0 Å². The third-order valence-electron chi connectivity index (χ3n) is 4.35. The minimum absolute atomic E-state index is 0.651. The van der Waals surface area contributed by atoms with E-state index in [1.54, 1.807) is 0 Å². The fraction of sp³-hybridized carbons (Fsp3) is 0.938. The van der Waals surface area contributed by atoms with Crippen LogP contribution in [0.4, 0.5) is 0 Å². The van der Waals surface area contributed by atoms with Crippen molar-refractivity contribution in [2.24, 2.45) is 10.9 Å². The topological polar surface area (TPSA) is 27.6 Å². The molecule has 0 aromatic rings. The molecule has 0 aromatic carbocycles. The quantitative estimate of drug-likeness (QED) is 0.659. The van der Waals surface area contributed by atoms with Gasteiger partial charge in [-0.1, -0.05) is 38.5 Å². The van der Waals surface area contributed by atoms with Crippen molar-refractivity contribution in [2.45, 2.75) is 64.7 Å². The average Bonchev–Trinajstić information content (AvgIpc) is 2.88. The van der Waals surface area contributed by atoms with Crippen LogP contribution in [0.25, 0.3) is 0 Å². The van der Waals surface area contributed by atoms with Crippen molar-refractivity contribution in [3.63, 3.8) is 0 Å². The number of hydrogen-bond acceptors (Lipinski definition) is 4. The van der Waals surface area contributed by atoms with Gasteiger partial charge in [-0.05, 0) is 46.2 Å². The fourth-order valence-electron chi connectivity index (χ4n) is 2.49. The Hall–Kier alpha value is -0.220. The van der Waals surface area contributed by atoms with Crippen LogP contribution in [0.2, 0.25) is 0 Å². The number of rotatable bonds is 9. The Morgan fingerprint density at radius 1 is 1.30 bits per heavy atom. The third kappa shape index (κ3) is 6.04. The molecule has 0 saturated heterocycles. The standard InChI is InChI=1S/C16H33N3S/c1-6-14(7-2)15-12-18-16(20-15)17-10-8-9-11-19(5)13(3)4/h13-15H,6-12H2,1-5H3,(H,17,18). The Bertz CT molecular complexity index is 287. The maximum absolute atomic E-state index is 4.65. The Morgan fingerprint density at radius 3 is 2.60 bits per heavy atom. The zero-order valence-electron chi connectivity index (χ0n) is 14.0. The predicted molar refractivity (Wildman–Crippen MR) is 92.8 cm³/mol. The van der Waals surface area contributed by atoms with Crippen LogP contribution in [0.5, 0.6) is 0 Å². The summed E-state index contributed by atoms with van der Waals surface area (Å²) in [5.41, 5.74) is 0. The van der Waals surface area contributed by atoms with Gasteiger partial charge < -0.3 is 10.2 Å². The van der Waals surface area contributed by atoms with E-state index in [0.717, 1.165) is 19.0 Å². The summed E-state index contributed by atoms with van der Waals surface area (Å²) in [5, 5.41) is 5.40. The van der Waals surface area contributed by atoms with Crippen LogP contribution >= 0.6 is 11.8 Å². The molecule has 20 heavy (non-hydrogen) atoms. The van der Waals surface area contributed by atoms with Gasteiger partial charge in [-0.25, -0.2) is 0 Å². The van der Waals surface area contributed by atoms with E-state index in [1.165, 1.54) is 37.4 Å². The first-order valence-electron chi connectivity index (χ1n) is 8.23. The highest BCUT2D eigenvalue weighted by Crippen LogP contribution is 2.30. The molecule has 0 radical (unpaired) electrons. The summed E-state index contributed by atoms with van der Waals surface area (Å²) in [6, 6.07) is 0.651. The second kappa shape index (κ2) is 9.67. The second-order valence-electron chi connectivity index (χ2n) is 6.09. The van der Waals surface area contributed by atoms with Crippen LogP contribution in [-0.2, 0) is 0 Å². The molecule has 0 aromatic heterocycles. The highest BCUT2D eigenvalue weighted by atomic mass is 32.2. The molecule has 4 heteroatoms. The molecule has 1 heterocycles. The van der Waals surface area contributed by atoms with Crippen LogP contribution < -0.4 is 5.32 Å². The van der Waals surface area contributed by atoms with E-state index in [-0.39, 0.29) is 0 Å². The predicted octanol–water partition coefficient (Wildman–Crippen LogP) is 3.60. The SMILES string of the molecule is CCC(CC)C1CN=C(NCCCCN(C)C(C)C)S1. The Balaban J connectivity index is 2.09. The van der Waals surface area contributed by atoms with Crippen molar-refractivity contribution in [2.75, 3.05) is 26.7 Å². The summed E-state index contributed by atoms with van der Waals surface area (Å²) in [5.74, 6) is 0.822. The lowest BCUT2D eigenvalue weighted by Gasteiger charge is -2.20. The van der Waals surface area contributed by atoms with Crippen molar-refractivity contribution >= 4 is 16.9 Å². The number of nitrogens with one attached hydrogen (secondary N) is 1. The summed E-state index contributed by atoms with van der Waals surface area (Å²) in [6.45, 7) is 12.4. The van der Waals surface area contributed by atoms with E-state index in [2.05, 4.69) is 50.0 Å². The zero-order valence-corrected chi connectivity index (χ0v) is 14.8. The van der Waals surface area contributed by atoms with Crippen molar-refractivity contribution in [1.82, 2.24) is 10.2 Å². The maximum Gasteiger partial charge on any atom is 0.156 e. The molecule has 1 aliphatic heterocycles. The number of nitrogens with zero attached hydrogens (tertiary/aromatic N) is 2. The van der Waals surface area contributed by atoms with Crippen LogP contribution in [0, 0.1) is 5.92 Å². The van der Waals surface area contributed by atoms with Gasteiger partial charge >= 0.3 is 0 Å². The second-order valence-corrected chi connectivity index (χ2v) is 7.31. The van der Waals surface area contributed by atoms with Crippen molar-refractivity contribution < 1.29 is 0 Å². The first-order chi connectivity index (χ1) is 9.58. The van der Waals surface area contributed by atoms with Crippen molar-refractivity contribution in [3.8, 4) is 0 Å². The smallest absolute Gasteiger partial charge is 0.156 e. The van der Waals surface area contributed by atoms with Crippen LogP contribution in [0.3, 0.4) is 0 Å². The summed E-state index contributed by atoms with van der Waals surface area (Å²) >= 11 is 1.97. The number of thioether (sulfide) groups is 1.